The largest absolute Gasteiger partial charge is 0.422 e. The minimum Gasteiger partial charge on any atom is -0.353 e. The number of likely N-dealkylation sites (N-methyl/N-ethyl adjacent to an activating group) is 1. The Morgan fingerprint density at radius 3 is 2.57 bits per heavy atom. The van der Waals surface area contributed by atoms with Crippen molar-refractivity contribution in [2.75, 3.05) is 57.8 Å². The molecule has 0 aromatic carbocycles. The van der Waals surface area contributed by atoms with Gasteiger partial charge in [0.15, 0.2) is 0 Å². The van der Waals surface area contributed by atoms with Gasteiger partial charge in [0, 0.05) is 52.0 Å². The number of amides is 1. The number of alkyl halides is 3. The lowest BCUT2D eigenvalue weighted by Gasteiger charge is -2.44. The molecule has 1 N–H and O–H groups in total. The Balaban J connectivity index is 1.26. The third-order valence-corrected chi connectivity index (χ3v) is 7.58. The lowest BCUT2D eigenvalue weighted by atomic mass is 10.1. The number of carbonyl (C=O) groups excluding carboxylic acids is 1. The first-order chi connectivity index (χ1) is 17.7. The van der Waals surface area contributed by atoms with E-state index in [0.29, 0.717) is 57.8 Å². The number of piperazine rings is 2. The fraction of sp³-hybridized carbons (Fsp3) is 0.542. The SMILES string of the molecule is CN1CCN(C2CCc3c2n[nH]c(=O)c3C(F)(F)F)CC1C(=O)N1CCN(c2ccc(C#N)cn2)CC1. The van der Waals surface area contributed by atoms with Crippen molar-refractivity contribution < 1.29 is 18.0 Å². The highest BCUT2D eigenvalue weighted by Gasteiger charge is 2.44. The van der Waals surface area contributed by atoms with Crippen LogP contribution >= 0.6 is 0 Å². The zero-order valence-corrected chi connectivity index (χ0v) is 20.3. The highest BCUT2D eigenvalue weighted by Crippen LogP contribution is 2.40. The quantitative estimate of drug-likeness (QED) is 0.644. The minimum absolute atomic E-state index is 0.0109. The van der Waals surface area contributed by atoms with E-state index in [-0.39, 0.29) is 29.6 Å². The summed E-state index contributed by atoms with van der Waals surface area (Å²) in [5, 5.41) is 15.0. The van der Waals surface area contributed by atoms with Gasteiger partial charge in [0.25, 0.3) is 5.56 Å². The molecule has 0 saturated carbocycles. The van der Waals surface area contributed by atoms with Crippen LogP contribution in [0.2, 0.25) is 0 Å². The third kappa shape index (κ3) is 4.78. The number of nitrogens with one attached hydrogen (secondary N) is 1. The Hall–Kier alpha value is -3.50. The van der Waals surface area contributed by atoms with Gasteiger partial charge in [-0.05, 0) is 37.6 Å². The molecular weight excluding hydrogens is 489 g/mol. The number of nitrogens with zero attached hydrogens (tertiary/aromatic N) is 7. The molecule has 1 aliphatic carbocycles. The number of hydrogen-bond acceptors (Lipinski definition) is 8. The number of rotatable bonds is 3. The summed E-state index contributed by atoms with van der Waals surface area (Å²) in [7, 11) is 1.89. The maximum atomic E-state index is 13.5. The summed E-state index contributed by atoms with van der Waals surface area (Å²) in [5.41, 5.74) is -1.66. The second kappa shape index (κ2) is 9.75. The summed E-state index contributed by atoms with van der Waals surface area (Å²) in [5.74, 6) is 0.749. The third-order valence-electron chi connectivity index (χ3n) is 7.58. The predicted molar refractivity (Wildman–Crippen MR) is 127 cm³/mol. The molecule has 196 valence electrons. The fourth-order valence-corrected chi connectivity index (χ4v) is 5.55. The molecule has 2 aliphatic heterocycles. The smallest absolute Gasteiger partial charge is 0.353 e. The molecule has 1 amide bonds. The number of carbonyl (C=O) groups is 1. The van der Waals surface area contributed by atoms with Crippen LogP contribution in [0.3, 0.4) is 0 Å². The summed E-state index contributed by atoms with van der Waals surface area (Å²) >= 11 is 0. The number of anilines is 1. The zero-order valence-electron chi connectivity index (χ0n) is 20.3. The van der Waals surface area contributed by atoms with Crippen molar-refractivity contribution in [1.29, 1.82) is 5.26 Å². The normalized spacial score (nSPS) is 23.1. The van der Waals surface area contributed by atoms with E-state index in [9.17, 15) is 22.8 Å². The van der Waals surface area contributed by atoms with Crippen molar-refractivity contribution in [3.05, 3.63) is 51.1 Å². The van der Waals surface area contributed by atoms with Gasteiger partial charge in [-0.25, -0.2) is 10.1 Å². The summed E-state index contributed by atoms with van der Waals surface area (Å²) in [4.78, 5) is 37.6. The van der Waals surface area contributed by atoms with Crippen LogP contribution in [0.4, 0.5) is 19.0 Å². The molecule has 2 unspecified atom stereocenters. The van der Waals surface area contributed by atoms with E-state index in [1.807, 2.05) is 32.9 Å². The van der Waals surface area contributed by atoms with E-state index in [1.165, 1.54) is 6.20 Å². The average molecular weight is 517 g/mol. The van der Waals surface area contributed by atoms with Crippen molar-refractivity contribution in [2.45, 2.75) is 31.1 Å². The van der Waals surface area contributed by atoms with Gasteiger partial charge in [-0.2, -0.15) is 23.5 Å². The van der Waals surface area contributed by atoms with Crippen molar-refractivity contribution in [3.63, 3.8) is 0 Å². The Kier molecular flexibility index (Phi) is 6.63. The molecule has 0 radical (unpaired) electrons. The molecular formula is C24H27F3N8O2. The molecule has 13 heteroatoms. The number of halogens is 3. The van der Waals surface area contributed by atoms with Crippen molar-refractivity contribution in [2.24, 2.45) is 0 Å². The van der Waals surface area contributed by atoms with Crippen LogP contribution in [-0.4, -0.2) is 94.7 Å². The summed E-state index contributed by atoms with van der Waals surface area (Å²) in [6, 6.07) is 4.76. The maximum absolute atomic E-state index is 13.5. The summed E-state index contributed by atoms with van der Waals surface area (Å²) in [6.07, 6.45) is -2.67. The van der Waals surface area contributed by atoms with Gasteiger partial charge < -0.3 is 9.80 Å². The van der Waals surface area contributed by atoms with Crippen LogP contribution in [0.25, 0.3) is 0 Å². The van der Waals surface area contributed by atoms with Crippen molar-refractivity contribution in [3.8, 4) is 6.07 Å². The summed E-state index contributed by atoms with van der Waals surface area (Å²) in [6.45, 7) is 3.82. The Bertz CT molecular complexity index is 1260. The molecule has 2 saturated heterocycles. The van der Waals surface area contributed by atoms with Crippen LogP contribution in [0.5, 0.6) is 0 Å². The number of H-pyrrole nitrogens is 1. The van der Waals surface area contributed by atoms with E-state index in [4.69, 9.17) is 5.26 Å². The topological polar surface area (TPSA) is 112 Å². The van der Waals surface area contributed by atoms with Crippen LogP contribution in [0.15, 0.2) is 23.1 Å². The lowest BCUT2D eigenvalue weighted by molar-refractivity contribution is -0.140. The highest BCUT2D eigenvalue weighted by atomic mass is 19.4. The monoisotopic (exact) mass is 516 g/mol. The molecule has 37 heavy (non-hydrogen) atoms. The second-order valence-electron chi connectivity index (χ2n) is 9.66. The first-order valence-electron chi connectivity index (χ1n) is 12.2. The molecule has 2 aromatic heterocycles. The Morgan fingerprint density at radius 1 is 1.16 bits per heavy atom. The standard InChI is InChI=1S/C24H27F3N8O2/c1-32-6-7-35(17-4-3-16-20(24(25,26)27)22(36)31-30-21(16)17)14-18(32)23(37)34-10-8-33(9-11-34)19-5-2-15(12-28)13-29-19/h2,5,13,17-18H,3-4,6-11,14H2,1H3,(H,31,36). The minimum atomic E-state index is -4.74. The van der Waals surface area contributed by atoms with Crippen molar-refractivity contribution in [1.82, 2.24) is 29.9 Å². The van der Waals surface area contributed by atoms with Crippen molar-refractivity contribution >= 4 is 11.7 Å². The molecule has 10 nitrogen and oxygen atoms in total. The van der Waals surface area contributed by atoms with E-state index in [0.717, 1.165) is 5.82 Å². The first-order valence-corrected chi connectivity index (χ1v) is 12.2. The maximum Gasteiger partial charge on any atom is 0.422 e. The lowest BCUT2D eigenvalue weighted by Crippen LogP contribution is -2.61. The molecule has 0 spiro atoms. The van der Waals surface area contributed by atoms with Crippen LogP contribution in [0.1, 0.15) is 34.8 Å². The Labute approximate surface area is 211 Å². The average Bonchev–Trinajstić information content (AvgIpc) is 3.31. The van der Waals surface area contributed by atoms with Gasteiger partial charge in [0.05, 0.1) is 17.3 Å². The number of fused-ring (bicyclic) bond motifs is 1. The van der Waals surface area contributed by atoms with Crippen LogP contribution in [0, 0.1) is 11.3 Å². The molecule has 2 fully saturated rings. The Morgan fingerprint density at radius 2 is 1.92 bits per heavy atom. The predicted octanol–water partition coefficient (Wildman–Crippen LogP) is 1.01. The molecule has 0 bridgehead atoms. The van der Waals surface area contributed by atoms with Gasteiger partial charge in [-0.15, -0.1) is 0 Å². The van der Waals surface area contributed by atoms with Crippen LogP contribution < -0.4 is 10.5 Å². The number of aromatic amines is 1. The van der Waals surface area contributed by atoms with Gasteiger partial charge >= 0.3 is 6.18 Å². The van der Waals surface area contributed by atoms with E-state index >= 15 is 0 Å². The number of nitriles is 1. The second-order valence-corrected chi connectivity index (χ2v) is 9.66. The zero-order chi connectivity index (χ0) is 26.3. The molecule has 5 rings (SSSR count). The molecule has 4 heterocycles. The van der Waals surface area contributed by atoms with Crippen LogP contribution in [-0.2, 0) is 17.4 Å². The van der Waals surface area contributed by atoms with Gasteiger partial charge in [0.2, 0.25) is 5.91 Å². The van der Waals surface area contributed by atoms with Gasteiger partial charge in [-0.1, -0.05) is 0 Å². The number of aromatic nitrogens is 3. The van der Waals surface area contributed by atoms with E-state index in [2.05, 4.69) is 15.0 Å². The molecule has 2 aromatic rings. The van der Waals surface area contributed by atoms with E-state index < -0.39 is 23.3 Å². The van der Waals surface area contributed by atoms with Gasteiger partial charge in [0.1, 0.15) is 23.5 Å². The number of hydrogen-bond donors (Lipinski definition) is 1. The number of pyridine rings is 1. The fourth-order valence-electron chi connectivity index (χ4n) is 5.55. The highest BCUT2D eigenvalue weighted by molar-refractivity contribution is 5.82. The summed E-state index contributed by atoms with van der Waals surface area (Å²) < 4.78 is 40.6. The first kappa shape index (κ1) is 25.2. The molecule has 3 aliphatic rings. The van der Waals surface area contributed by atoms with E-state index in [1.54, 1.807) is 12.1 Å². The van der Waals surface area contributed by atoms with Gasteiger partial charge in [-0.3, -0.25) is 19.4 Å². The molecule has 2 atom stereocenters.